The Kier molecular flexibility index (Phi) is 5.81. The number of nitro groups is 1. The number of hydrogen-bond donors (Lipinski definition) is 0. The Hall–Kier alpha value is -2.63. The molecule has 1 aromatic carbocycles. The summed E-state index contributed by atoms with van der Waals surface area (Å²) < 4.78 is 9.48. The Morgan fingerprint density at radius 1 is 1.37 bits per heavy atom. The topological polar surface area (TPSA) is 78.7 Å². The monoisotopic (exact) mass is 263 g/mol. The molecular weight excluding hydrogens is 250 g/mol. The highest BCUT2D eigenvalue weighted by Crippen LogP contribution is 2.25. The molecule has 0 aliphatic carbocycles. The van der Waals surface area contributed by atoms with Crippen LogP contribution in [0, 0.1) is 10.1 Å². The number of benzene rings is 1. The van der Waals surface area contributed by atoms with Crippen LogP contribution in [0.15, 0.2) is 48.6 Å². The van der Waals surface area contributed by atoms with E-state index in [1.807, 2.05) is 13.0 Å². The van der Waals surface area contributed by atoms with Crippen molar-refractivity contribution >= 4 is 11.8 Å². The van der Waals surface area contributed by atoms with E-state index < -0.39 is 11.1 Å². The van der Waals surface area contributed by atoms with Gasteiger partial charge in [-0.15, -0.1) is 0 Å². The number of para-hydroxylation sites is 2. The third-order valence-electron chi connectivity index (χ3n) is 1.99. The molecule has 1 rings (SSSR count). The molecule has 0 unspecified atom stereocenters. The second-order valence-corrected chi connectivity index (χ2v) is 3.34. The van der Waals surface area contributed by atoms with E-state index in [0.29, 0.717) is 0 Å². The van der Waals surface area contributed by atoms with Crippen LogP contribution in [0.2, 0.25) is 0 Å². The molecule has 0 N–H and O–H groups in total. The lowest BCUT2D eigenvalue weighted by atomic mass is 10.3. The summed E-state index contributed by atoms with van der Waals surface area (Å²) >= 11 is 0. The number of nitro benzene ring substituents is 1. The summed E-state index contributed by atoms with van der Waals surface area (Å²) in [4.78, 5) is 21.4. The van der Waals surface area contributed by atoms with E-state index in [1.165, 1.54) is 24.3 Å². The maximum atomic E-state index is 11.3. The molecule has 100 valence electrons. The first-order valence-electron chi connectivity index (χ1n) is 5.51. The molecule has 0 radical (unpaired) electrons. The van der Waals surface area contributed by atoms with Gasteiger partial charge in [0.2, 0.25) is 5.75 Å². The minimum absolute atomic E-state index is 0.0316. The third-order valence-corrected chi connectivity index (χ3v) is 1.99. The van der Waals surface area contributed by atoms with Crippen LogP contribution in [0.5, 0.6) is 5.75 Å². The molecule has 0 fully saturated rings. The number of rotatable bonds is 5. The van der Waals surface area contributed by atoms with Gasteiger partial charge in [0, 0.05) is 6.07 Å². The van der Waals surface area contributed by atoms with E-state index in [2.05, 4.69) is 0 Å². The molecule has 0 aromatic heterocycles. The minimum atomic E-state index is -0.987. The van der Waals surface area contributed by atoms with Crippen molar-refractivity contribution in [3.63, 3.8) is 0 Å². The van der Waals surface area contributed by atoms with Crippen molar-refractivity contribution in [2.45, 2.75) is 6.92 Å². The quantitative estimate of drug-likeness (QED) is 0.268. The van der Waals surface area contributed by atoms with E-state index in [-0.39, 0.29) is 18.0 Å². The third kappa shape index (κ3) is 5.03. The first-order chi connectivity index (χ1) is 9.15. The van der Waals surface area contributed by atoms with Gasteiger partial charge in [-0.05, 0) is 19.1 Å². The minimum Gasteiger partial charge on any atom is -0.430 e. The number of hydrogen-bond acceptors (Lipinski definition) is 5. The molecule has 6 nitrogen and oxygen atoms in total. The average Bonchev–Trinajstić information content (AvgIpc) is 2.39. The highest BCUT2D eigenvalue weighted by Gasteiger charge is 2.17. The van der Waals surface area contributed by atoms with Crippen molar-refractivity contribution in [3.8, 4) is 5.75 Å². The lowest BCUT2D eigenvalue weighted by molar-refractivity contribution is -0.385. The molecule has 0 aliphatic rings. The van der Waals surface area contributed by atoms with Crippen LogP contribution >= 0.6 is 0 Å². The molecule has 0 saturated heterocycles. The van der Waals surface area contributed by atoms with E-state index in [4.69, 9.17) is 9.47 Å². The summed E-state index contributed by atoms with van der Waals surface area (Å²) in [5, 5.41) is 10.7. The normalized spacial score (nSPS) is 10.8. The van der Waals surface area contributed by atoms with Crippen LogP contribution in [0.25, 0.3) is 0 Å². The van der Waals surface area contributed by atoms with Crippen LogP contribution in [-0.2, 0) is 4.74 Å². The smallest absolute Gasteiger partial charge is 0.430 e. The van der Waals surface area contributed by atoms with E-state index in [9.17, 15) is 14.9 Å². The number of nitrogens with zero attached hydrogens (tertiary/aromatic N) is 1. The highest BCUT2D eigenvalue weighted by atomic mass is 16.7. The van der Waals surface area contributed by atoms with Crippen molar-refractivity contribution in [2.24, 2.45) is 0 Å². The van der Waals surface area contributed by atoms with Crippen LogP contribution < -0.4 is 4.74 Å². The largest absolute Gasteiger partial charge is 0.514 e. The lowest BCUT2D eigenvalue weighted by Crippen LogP contribution is -2.11. The summed E-state index contributed by atoms with van der Waals surface area (Å²) in [7, 11) is 0. The molecule has 0 saturated carbocycles. The summed E-state index contributed by atoms with van der Waals surface area (Å²) in [6.45, 7) is 1.89. The van der Waals surface area contributed by atoms with Gasteiger partial charge in [0.05, 0.1) is 4.92 Å². The van der Waals surface area contributed by atoms with Gasteiger partial charge in [0.15, 0.2) is 0 Å². The van der Waals surface area contributed by atoms with Gasteiger partial charge >= 0.3 is 11.8 Å². The highest BCUT2D eigenvalue weighted by molar-refractivity contribution is 5.66. The zero-order valence-corrected chi connectivity index (χ0v) is 10.3. The Balaban J connectivity index is 2.55. The van der Waals surface area contributed by atoms with Crippen molar-refractivity contribution < 1.29 is 19.2 Å². The van der Waals surface area contributed by atoms with Crippen molar-refractivity contribution in [3.05, 3.63) is 58.7 Å². The van der Waals surface area contributed by atoms with E-state index in [0.717, 1.165) is 0 Å². The fourth-order valence-electron chi connectivity index (χ4n) is 1.17. The van der Waals surface area contributed by atoms with Gasteiger partial charge in [-0.3, -0.25) is 10.1 Å². The van der Waals surface area contributed by atoms with Crippen LogP contribution in [0.4, 0.5) is 10.5 Å². The maximum Gasteiger partial charge on any atom is 0.514 e. The average molecular weight is 263 g/mol. The van der Waals surface area contributed by atoms with Crippen LogP contribution in [0.3, 0.4) is 0 Å². The standard InChI is InChI=1S/C13H13NO5/c1-2-3-4-7-10-18-13(15)19-12-9-6-5-8-11(12)14(16)17/h2-9H,10H2,1H3. The van der Waals surface area contributed by atoms with Gasteiger partial charge < -0.3 is 9.47 Å². The second-order valence-electron chi connectivity index (χ2n) is 3.34. The first kappa shape index (κ1) is 14.4. The van der Waals surface area contributed by atoms with Crippen LogP contribution in [0.1, 0.15) is 6.92 Å². The molecule has 0 heterocycles. The molecule has 6 heteroatoms. The van der Waals surface area contributed by atoms with Crippen LogP contribution in [-0.4, -0.2) is 17.7 Å². The van der Waals surface area contributed by atoms with Gasteiger partial charge in [0.25, 0.3) is 0 Å². The van der Waals surface area contributed by atoms with Crippen molar-refractivity contribution in [1.82, 2.24) is 0 Å². The van der Waals surface area contributed by atoms with E-state index in [1.54, 1.807) is 18.2 Å². The molecule has 19 heavy (non-hydrogen) atoms. The molecule has 1 aromatic rings. The van der Waals surface area contributed by atoms with E-state index >= 15 is 0 Å². The van der Waals surface area contributed by atoms with Gasteiger partial charge in [-0.25, -0.2) is 4.79 Å². The SMILES string of the molecule is CC=CC=CCOC(=O)Oc1ccccc1[N+](=O)[O-]. The van der Waals surface area contributed by atoms with Gasteiger partial charge in [-0.2, -0.15) is 0 Å². The Morgan fingerprint density at radius 3 is 2.79 bits per heavy atom. The molecule has 0 spiro atoms. The van der Waals surface area contributed by atoms with Crippen molar-refractivity contribution in [1.29, 1.82) is 0 Å². The second kappa shape index (κ2) is 7.65. The first-order valence-corrected chi connectivity index (χ1v) is 5.51. The molecule has 0 atom stereocenters. The summed E-state index contributed by atoms with van der Waals surface area (Å²) in [5.74, 6) is -0.144. The number of ether oxygens (including phenoxy) is 2. The molecule has 0 aliphatic heterocycles. The number of carbonyl (C=O) groups is 1. The molecule has 0 bridgehead atoms. The fourth-order valence-corrected chi connectivity index (χ4v) is 1.17. The summed E-state index contributed by atoms with van der Waals surface area (Å²) in [5.41, 5.74) is -0.288. The Bertz CT molecular complexity index is 508. The van der Waals surface area contributed by atoms with Crippen molar-refractivity contribution in [2.75, 3.05) is 6.61 Å². The summed E-state index contributed by atoms with van der Waals surface area (Å²) in [6.07, 6.45) is 5.93. The predicted molar refractivity (Wildman–Crippen MR) is 69.0 cm³/mol. The Morgan fingerprint density at radius 2 is 2.11 bits per heavy atom. The number of carbonyl (C=O) groups excluding carboxylic acids is 1. The molecular formula is C13H13NO5. The maximum absolute atomic E-state index is 11.3. The molecule has 0 amide bonds. The van der Waals surface area contributed by atoms with Gasteiger partial charge in [-0.1, -0.05) is 30.4 Å². The zero-order chi connectivity index (χ0) is 14.1. The fraction of sp³-hybridized carbons (Fsp3) is 0.154. The lowest BCUT2D eigenvalue weighted by Gasteiger charge is -2.04. The zero-order valence-electron chi connectivity index (χ0n) is 10.3. The predicted octanol–water partition coefficient (Wildman–Crippen LogP) is 3.24. The number of allylic oxidation sites excluding steroid dienone is 3. The Labute approximate surface area is 110 Å². The summed E-state index contributed by atoms with van der Waals surface area (Å²) in [6, 6.07) is 5.58. The van der Waals surface area contributed by atoms with Gasteiger partial charge in [0.1, 0.15) is 6.61 Å².